The molecule has 1 saturated heterocycles. The van der Waals surface area contributed by atoms with Crippen molar-refractivity contribution < 1.29 is 23.9 Å². The van der Waals surface area contributed by atoms with Gasteiger partial charge in [0.1, 0.15) is 5.75 Å². The molecule has 0 atom stereocenters. The molecular weight excluding hydrogens is 358 g/mol. The van der Waals surface area contributed by atoms with Gasteiger partial charge in [-0.05, 0) is 18.2 Å². The summed E-state index contributed by atoms with van der Waals surface area (Å²) in [5.74, 6) is -1.53. The van der Waals surface area contributed by atoms with Crippen molar-refractivity contribution in [2.24, 2.45) is 0 Å². The molecule has 10 heteroatoms. The molecule has 24 heavy (non-hydrogen) atoms. The largest absolute Gasteiger partial charge is 0.495 e. The van der Waals surface area contributed by atoms with E-state index in [4.69, 9.17) is 16.3 Å². The Bertz CT molecular complexity index is 681. The Morgan fingerprint density at radius 1 is 1.33 bits per heavy atom. The number of nitrogens with zero attached hydrogens (tertiary/aromatic N) is 1. The summed E-state index contributed by atoms with van der Waals surface area (Å²) < 4.78 is 4.99. The maximum atomic E-state index is 11.8. The molecule has 1 fully saturated rings. The number of amides is 4. The predicted octanol–water partition coefficient (Wildman–Crippen LogP) is 1.10. The number of hydrogen-bond acceptors (Lipinski definition) is 6. The van der Waals surface area contributed by atoms with Crippen molar-refractivity contribution >= 4 is 52.0 Å². The van der Waals surface area contributed by atoms with Crippen LogP contribution < -0.4 is 15.4 Å². The third-order valence-corrected chi connectivity index (χ3v) is 4.23. The number of carbonyl (C=O) groups is 4. The van der Waals surface area contributed by atoms with Gasteiger partial charge in [0, 0.05) is 18.8 Å². The van der Waals surface area contributed by atoms with E-state index in [1.807, 2.05) is 0 Å². The third kappa shape index (κ3) is 4.39. The average Bonchev–Trinajstić information content (AvgIpc) is 2.86. The molecule has 0 unspecified atom stereocenters. The van der Waals surface area contributed by atoms with Crippen molar-refractivity contribution in [3.8, 4) is 5.75 Å². The van der Waals surface area contributed by atoms with E-state index in [0.29, 0.717) is 16.5 Å². The molecule has 4 amide bonds. The van der Waals surface area contributed by atoms with Crippen LogP contribution in [-0.4, -0.2) is 53.8 Å². The Balaban J connectivity index is 1.82. The van der Waals surface area contributed by atoms with Gasteiger partial charge in [0.15, 0.2) is 0 Å². The van der Waals surface area contributed by atoms with Gasteiger partial charge in [-0.1, -0.05) is 23.4 Å². The number of methoxy groups -OCH3 is 1. The minimum absolute atomic E-state index is 0.00629. The molecule has 0 saturated carbocycles. The van der Waals surface area contributed by atoms with Crippen LogP contribution >= 0.6 is 23.4 Å². The quantitative estimate of drug-likeness (QED) is 0.751. The zero-order valence-electron chi connectivity index (χ0n) is 12.6. The summed E-state index contributed by atoms with van der Waals surface area (Å²) in [7, 11) is 1.46. The van der Waals surface area contributed by atoms with Gasteiger partial charge in [-0.15, -0.1) is 0 Å². The van der Waals surface area contributed by atoms with Gasteiger partial charge in [0.05, 0.1) is 17.9 Å². The number of hydrogen-bond donors (Lipinski definition) is 2. The first-order chi connectivity index (χ1) is 11.4. The fourth-order valence-corrected chi connectivity index (χ4v) is 2.90. The van der Waals surface area contributed by atoms with E-state index in [1.165, 1.54) is 19.2 Å². The molecule has 0 spiro atoms. The average molecular weight is 372 g/mol. The van der Waals surface area contributed by atoms with Crippen LogP contribution in [0.15, 0.2) is 18.2 Å². The minimum atomic E-state index is -0.885. The van der Waals surface area contributed by atoms with E-state index in [9.17, 15) is 19.2 Å². The van der Waals surface area contributed by atoms with Gasteiger partial charge in [-0.3, -0.25) is 24.1 Å². The van der Waals surface area contributed by atoms with Crippen molar-refractivity contribution in [3.05, 3.63) is 23.2 Å². The van der Waals surface area contributed by atoms with Crippen LogP contribution in [0, 0.1) is 0 Å². The molecule has 1 aromatic carbocycles. The second kappa shape index (κ2) is 8.02. The van der Waals surface area contributed by atoms with Crippen molar-refractivity contribution in [3.63, 3.8) is 0 Å². The lowest BCUT2D eigenvalue weighted by atomic mass is 10.3. The molecule has 0 bridgehead atoms. The number of thioether (sulfide) groups is 1. The topological polar surface area (TPSA) is 105 Å². The number of carbonyl (C=O) groups excluding carboxylic acids is 4. The molecule has 0 aromatic heterocycles. The monoisotopic (exact) mass is 371 g/mol. The lowest BCUT2D eigenvalue weighted by Crippen LogP contribution is -2.41. The summed E-state index contributed by atoms with van der Waals surface area (Å²) in [5, 5.41) is 4.67. The Morgan fingerprint density at radius 3 is 2.67 bits per heavy atom. The van der Waals surface area contributed by atoms with Gasteiger partial charge < -0.3 is 15.4 Å². The number of halogens is 1. The Hall–Kier alpha value is -2.26. The van der Waals surface area contributed by atoms with Crippen LogP contribution in [0.1, 0.15) is 0 Å². The molecule has 2 rings (SSSR count). The zero-order chi connectivity index (χ0) is 17.7. The second-order valence-electron chi connectivity index (χ2n) is 4.66. The molecule has 1 heterocycles. The number of anilines is 1. The summed E-state index contributed by atoms with van der Waals surface area (Å²) in [6.07, 6.45) is 0. The number of ether oxygens (including phenoxy) is 1. The Labute approximate surface area is 146 Å². The first-order valence-corrected chi connectivity index (χ1v) is 8.18. The fraction of sp³-hybridized carbons (Fsp3) is 0.286. The van der Waals surface area contributed by atoms with Gasteiger partial charge in [-0.25, -0.2) is 0 Å². The van der Waals surface area contributed by atoms with E-state index < -0.39 is 11.8 Å². The van der Waals surface area contributed by atoms with Crippen LogP contribution in [0.3, 0.4) is 0 Å². The number of rotatable bonds is 5. The molecular formula is C14H14ClN3O5S. The van der Waals surface area contributed by atoms with Crippen LogP contribution in [-0.2, 0) is 14.4 Å². The highest BCUT2D eigenvalue weighted by molar-refractivity contribution is 8.14. The Morgan fingerprint density at radius 2 is 2.08 bits per heavy atom. The highest BCUT2D eigenvalue weighted by Gasteiger charge is 2.29. The maximum absolute atomic E-state index is 11.8. The van der Waals surface area contributed by atoms with Crippen molar-refractivity contribution in [1.29, 1.82) is 0 Å². The van der Waals surface area contributed by atoms with Crippen LogP contribution in [0.2, 0.25) is 5.02 Å². The highest BCUT2D eigenvalue weighted by atomic mass is 35.5. The van der Waals surface area contributed by atoms with Crippen molar-refractivity contribution in [2.45, 2.75) is 0 Å². The highest BCUT2D eigenvalue weighted by Crippen LogP contribution is 2.27. The van der Waals surface area contributed by atoms with Crippen LogP contribution in [0.4, 0.5) is 10.5 Å². The molecule has 1 aromatic rings. The van der Waals surface area contributed by atoms with E-state index in [1.54, 1.807) is 6.07 Å². The molecule has 128 valence electrons. The number of nitrogens with one attached hydrogen (secondary N) is 2. The molecule has 1 aliphatic heterocycles. The van der Waals surface area contributed by atoms with E-state index in [2.05, 4.69) is 10.6 Å². The second-order valence-corrected chi connectivity index (χ2v) is 5.99. The normalized spacial score (nSPS) is 13.8. The van der Waals surface area contributed by atoms with Crippen LogP contribution in [0.25, 0.3) is 0 Å². The minimum Gasteiger partial charge on any atom is -0.495 e. The smallest absolute Gasteiger partial charge is 0.313 e. The first-order valence-electron chi connectivity index (χ1n) is 6.82. The summed E-state index contributed by atoms with van der Waals surface area (Å²) >= 11 is 6.84. The lowest BCUT2D eigenvalue weighted by Gasteiger charge is -2.13. The number of imide groups is 1. The summed E-state index contributed by atoms with van der Waals surface area (Å²) in [4.78, 5) is 47.3. The maximum Gasteiger partial charge on any atom is 0.313 e. The van der Waals surface area contributed by atoms with E-state index in [-0.39, 0.29) is 30.0 Å². The predicted molar refractivity (Wildman–Crippen MR) is 89.2 cm³/mol. The molecule has 2 N–H and O–H groups in total. The van der Waals surface area contributed by atoms with E-state index in [0.717, 1.165) is 16.7 Å². The summed E-state index contributed by atoms with van der Waals surface area (Å²) in [6.45, 7) is 0.0196. The lowest BCUT2D eigenvalue weighted by molar-refractivity contribution is -0.136. The fourth-order valence-electron chi connectivity index (χ4n) is 1.89. The molecule has 8 nitrogen and oxygen atoms in total. The first kappa shape index (κ1) is 18.1. The summed E-state index contributed by atoms with van der Waals surface area (Å²) in [6, 6.07) is 4.54. The van der Waals surface area contributed by atoms with Gasteiger partial charge in [0.2, 0.25) is 5.91 Å². The van der Waals surface area contributed by atoms with E-state index >= 15 is 0 Å². The SMILES string of the molecule is COc1ccc(NC(=O)C(=O)NCCN2C(=O)CSC2=O)cc1Cl. The summed E-state index contributed by atoms with van der Waals surface area (Å²) in [5.41, 5.74) is 0.335. The number of benzene rings is 1. The Kier molecular flexibility index (Phi) is 6.04. The van der Waals surface area contributed by atoms with Gasteiger partial charge >= 0.3 is 11.8 Å². The van der Waals surface area contributed by atoms with Gasteiger partial charge in [-0.2, -0.15) is 0 Å². The third-order valence-electron chi connectivity index (χ3n) is 3.08. The standard InChI is InChI=1S/C14H14ClN3O5S/c1-23-10-3-2-8(6-9(10)15)17-13(21)12(20)16-4-5-18-11(19)7-24-14(18)22/h2-3,6H,4-5,7H2,1H3,(H,16,20)(H,17,21). The molecule has 0 radical (unpaired) electrons. The van der Waals surface area contributed by atoms with Crippen LogP contribution in [0.5, 0.6) is 5.75 Å². The van der Waals surface area contributed by atoms with Gasteiger partial charge in [0.25, 0.3) is 5.24 Å². The van der Waals surface area contributed by atoms with Crippen molar-refractivity contribution in [2.75, 3.05) is 31.3 Å². The molecule has 1 aliphatic rings. The molecule has 0 aliphatic carbocycles. The van der Waals surface area contributed by atoms with Crippen molar-refractivity contribution in [1.82, 2.24) is 10.2 Å². The zero-order valence-corrected chi connectivity index (χ0v) is 14.2.